The highest BCUT2D eigenvalue weighted by atomic mass is 16.6. The first kappa shape index (κ1) is 17.4. The van der Waals surface area contributed by atoms with Gasteiger partial charge < -0.3 is 4.74 Å². The number of allylic oxidation sites excluding steroid dienone is 1. The van der Waals surface area contributed by atoms with E-state index < -0.39 is 10.7 Å². The molecule has 0 fully saturated rings. The predicted molar refractivity (Wildman–Crippen MR) is 88.6 cm³/mol. The van der Waals surface area contributed by atoms with Crippen LogP contribution in [0.4, 0.5) is 5.69 Å². The van der Waals surface area contributed by atoms with E-state index >= 15 is 0 Å². The first-order valence-electron chi connectivity index (χ1n) is 7.06. The third-order valence-corrected chi connectivity index (χ3v) is 3.20. The second-order valence-corrected chi connectivity index (χ2v) is 4.79. The molecule has 0 unspecified atom stereocenters. The molecule has 0 saturated heterocycles. The number of carbonyl (C=O) groups excluding carboxylic acids is 1. The van der Waals surface area contributed by atoms with Crippen molar-refractivity contribution in [2.75, 3.05) is 6.61 Å². The molecule has 0 heterocycles. The molecule has 0 atom stereocenters. The van der Waals surface area contributed by atoms with Crippen LogP contribution in [0.1, 0.15) is 15.9 Å². The van der Waals surface area contributed by atoms with Crippen LogP contribution in [-0.2, 0) is 0 Å². The van der Waals surface area contributed by atoms with Crippen molar-refractivity contribution in [2.24, 2.45) is 0 Å². The Morgan fingerprint density at radius 1 is 1.20 bits per heavy atom. The summed E-state index contributed by atoms with van der Waals surface area (Å²) in [6.07, 6.45) is 1.33. The number of para-hydroxylation sites is 1. The van der Waals surface area contributed by atoms with Crippen molar-refractivity contribution < 1.29 is 14.5 Å². The number of nitro groups is 1. The maximum Gasteiger partial charge on any atom is 0.270 e. The molecule has 0 aromatic heterocycles. The zero-order chi connectivity index (χ0) is 18.2. The molecule has 0 N–H and O–H groups in total. The molecule has 0 spiro atoms. The van der Waals surface area contributed by atoms with Gasteiger partial charge in [0.25, 0.3) is 5.69 Å². The van der Waals surface area contributed by atoms with Crippen LogP contribution in [0.15, 0.2) is 54.1 Å². The van der Waals surface area contributed by atoms with Gasteiger partial charge in [-0.1, -0.05) is 30.3 Å². The van der Waals surface area contributed by atoms with Gasteiger partial charge in [-0.15, -0.1) is 0 Å². The SMILES string of the molecule is N#CCOc1ccccc1C=C(C#N)C(=O)c1cccc([N+](=O)[O-])c1. The molecule has 2 aromatic carbocycles. The van der Waals surface area contributed by atoms with Crippen molar-refractivity contribution in [3.8, 4) is 17.9 Å². The van der Waals surface area contributed by atoms with Crippen molar-refractivity contribution in [3.63, 3.8) is 0 Å². The summed E-state index contributed by atoms with van der Waals surface area (Å²) in [7, 11) is 0. The van der Waals surface area contributed by atoms with Gasteiger partial charge in [0, 0.05) is 23.3 Å². The second kappa shape index (κ2) is 8.04. The number of Topliss-reactive ketones (excluding diaryl/α,β-unsaturated/α-hetero) is 1. The Labute approximate surface area is 143 Å². The Morgan fingerprint density at radius 3 is 2.64 bits per heavy atom. The molecule has 0 radical (unpaired) electrons. The summed E-state index contributed by atoms with van der Waals surface area (Å²) in [6, 6.07) is 15.4. The summed E-state index contributed by atoms with van der Waals surface area (Å²) in [6.45, 7) is -0.175. The Hall–Kier alpha value is -3.97. The van der Waals surface area contributed by atoms with E-state index in [0.717, 1.165) is 6.07 Å². The molecule has 2 rings (SSSR count). The molecule has 0 bridgehead atoms. The molecule has 7 nitrogen and oxygen atoms in total. The van der Waals surface area contributed by atoms with Gasteiger partial charge in [0.15, 0.2) is 6.61 Å². The Balaban J connectivity index is 2.40. The Kier molecular flexibility index (Phi) is 5.59. The van der Waals surface area contributed by atoms with Crippen LogP contribution in [0.5, 0.6) is 5.75 Å². The number of ether oxygens (including phenoxy) is 1. The smallest absolute Gasteiger partial charge is 0.270 e. The number of non-ortho nitro benzene ring substituents is 1. The minimum atomic E-state index is -0.638. The number of hydrogen-bond acceptors (Lipinski definition) is 6. The molecular weight excluding hydrogens is 322 g/mol. The van der Waals surface area contributed by atoms with E-state index in [4.69, 9.17) is 10.00 Å². The van der Waals surface area contributed by atoms with E-state index in [0.29, 0.717) is 11.3 Å². The third kappa shape index (κ3) is 4.27. The van der Waals surface area contributed by atoms with Crippen LogP contribution >= 0.6 is 0 Å². The van der Waals surface area contributed by atoms with E-state index in [2.05, 4.69) is 0 Å². The second-order valence-electron chi connectivity index (χ2n) is 4.79. The lowest BCUT2D eigenvalue weighted by atomic mass is 10.0. The number of nitro benzene ring substituents is 1. The van der Waals surface area contributed by atoms with Gasteiger partial charge in [0.1, 0.15) is 23.5 Å². The fourth-order valence-electron chi connectivity index (χ4n) is 2.06. The van der Waals surface area contributed by atoms with Crippen LogP contribution in [0.3, 0.4) is 0 Å². The fourth-order valence-corrected chi connectivity index (χ4v) is 2.06. The monoisotopic (exact) mass is 333 g/mol. The lowest BCUT2D eigenvalue weighted by Crippen LogP contribution is -2.03. The average Bonchev–Trinajstić information content (AvgIpc) is 2.64. The van der Waals surface area contributed by atoms with Crippen molar-refractivity contribution in [2.45, 2.75) is 0 Å². The first-order valence-corrected chi connectivity index (χ1v) is 7.06. The van der Waals surface area contributed by atoms with Gasteiger partial charge in [-0.05, 0) is 12.1 Å². The lowest BCUT2D eigenvalue weighted by Gasteiger charge is -2.06. The molecule has 0 amide bonds. The summed E-state index contributed by atoms with van der Waals surface area (Å²) >= 11 is 0. The van der Waals surface area contributed by atoms with Gasteiger partial charge >= 0.3 is 0 Å². The standard InChI is InChI=1S/C18H11N3O4/c19-8-9-25-17-7-2-1-4-13(17)10-15(12-20)18(22)14-5-3-6-16(11-14)21(23)24/h1-7,10-11H,9H2. The zero-order valence-electron chi connectivity index (χ0n) is 12.9. The Morgan fingerprint density at radius 2 is 1.96 bits per heavy atom. The summed E-state index contributed by atoms with van der Waals surface area (Å²) in [5.74, 6) is -0.287. The summed E-state index contributed by atoms with van der Waals surface area (Å²) in [5.41, 5.74) is 0.0555. The molecule has 0 aliphatic carbocycles. The minimum Gasteiger partial charge on any atom is -0.478 e. The van der Waals surface area contributed by atoms with Crippen LogP contribution in [0, 0.1) is 32.8 Å². The van der Waals surface area contributed by atoms with Crippen molar-refractivity contribution in [1.82, 2.24) is 0 Å². The van der Waals surface area contributed by atoms with Gasteiger partial charge in [0.2, 0.25) is 5.78 Å². The predicted octanol–water partition coefficient (Wildman–Crippen LogP) is 3.29. The number of carbonyl (C=O) groups is 1. The summed E-state index contributed by atoms with van der Waals surface area (Å²) < 4.78 is 5.25. The molecular formula is C18H11N3O4. The maximum atomic E-state index is 12.5. The minimum absolute atomic E-state index is 0.0393. The van der Waals surface area contributed by atoms with Crippen LogP contribution in [-0.4, -0.2) is 17.3 Å². The molecule has 0 aliphatic rings. The van der Waals surface area contributed by atoms with E-state index in [-0.39, 0.29) is 23.4 Å². The number of ketones is 1. The largest absolute Gasteiger partial charge is 0.478 e. The number of hydrogen-bond donors (Lipinski definition) is 0. The molecule has 0 saturated carbocycles. The van der Waals surface area contributed by atoms with E-state index in [1.165, 1.54) is 24.3 Å². The molecule has 7 heteroatoms. The van der Waals surface area contributed by atoms with Crippen LogP contribution in [0.25, 0.3) is 6.08 Å². The number of nitriles is 2. The zero-order valence-corrected chi connectivity index (χ0v) is 12.9. The normalized spacial score (nSPS) is 10.4. The quantitative estimate of drug-likeness (QED) is 0.263. The van der Waals surface area contributed by atoms with Crippen LogP contribution < -0.4 is 4.74 Å². The van der Waals surface area contributed by atoms with Gasteiger partial charge in [-0.25, -0.2) is 0 Å². The average molecular weight is 333 g/mol. The highest BCUT2D eigenvalue weighted by Gasteiger charge is 2.16. The molecule has 25 heavy (non-hydrogen) atoms. The molecule has 0 aliphatic heterocycles. The van der Waals surface area contributed by atoms with Crippen LogP contribution in [0.2, 0.25) is 0 Å². The Bertz CT molecular complexity index is 936. The number of benzene rings is 2. The highest BCUT2D eigenvalue weighted by Crippen LogP contribution is 2.23. The van der Waals surface area contributed by atoms with E-state index in [1.807, 2.05) is 6.07 Å². The third-order valence-electron chi connectivity index (χ3n) is 3.20. The number of rotatable bonds is 6. The van der Waals surface area contributed by atoms with Crippen molar-refractivity contribution >= 4 is 17.5 Å². The van der Waals surface area contributed by atoms with E-state index in [9.17, 15) is 20.2 Å². The van der Waals surface area contributed by atoms with Gasteiger partial charge in [-0.3, -0.25) is 14.9 Å². The topological polar surface area (TPSA) is 117 Å². The molecule has 2 aromatic rings. The summed E-state index contributed by atoms with van der Waals surface area (Å²) in [5, 5.41) is 28.7. The van der Waals surface area contributed by atoms with Gasteiger partial charge in [-0.2, -0.15) is 10.5 Å². The van der Waals surface area contributed by atoms with Gasteiger partial charge in [0.05, 0.1) is 4.92 Å². The molecule has 122 valence electrons. The lowest BCUT2D eigenvalue weighted by molar-refractivity contribution is -0.384. The van der Waals surface area contributed by atoms with E-state index in [1.54, 1.807) is 30.3 Å². The van der Waals surface area contributed by atoms with Crippen molar-refractivity contribution in [3.05, 3.63) is 75.3 Å². The first-order chi connectivity index (χ1) is 12.1. The number of nitrogens with zero attached hydrogens (tertiary/aromatic N) is 3. The van der Waals surface area contributed by atoms with Crippen molar-refractivity contribution in [1.29, 1.82) is 10.5 Å². The maximum absolute atomic E-state index is 12.5. The highest BCUT2D eigenvalue weighted by molar-refractivity contribution is 6.14. The fraction of sp³-hybridized carbons (Fsp3) is 0.0556. The summed E-state index contributed by atoms with van der Waals surface area (Å²) in [4.78, 5) is 22.7.